The monoisotopic (exact) mass is 447 g/mol. The van der Waals surface area contributed by atoms with Crippen LogP contribution < -0.4 is 10.1 Å². The van der Waals surface area contributed by atoms with E-state index in [0.29, 0.717) is 6.54 Å². The van der Waals surface area contributed by atoms with Gasteiger partial charge in [-0.3, -0.25) is 4.79 Å². The Hall–Kier alpha value is -3.02. The number of nitrogens with one attached hydrogen (secondary N) is 1. The molecule has 0 aliphatic carbocycles. The molecule has 4 atom stereocenters. The van der Waals surface area contributed by atoms with E-state index >= 15 is 0 Å². The van der Waals surface area contributed by atoms with Gasteiger partial charge >= 0.3 is 6.03 Å². The van der Waals surface area contributed by atoms with E-state index in [1.807, 2.05) is 29.2 Å². The Morgan fingerprint density at radius 1 is 1.18 bits per heavy atom. The summed E-state index contributed by atoms with van der Waals surface area (Å²) in [6.45, 7) is 3.55. The standard InChI is InChI=1S/C27H33N3O3/c1-3-23(19-9-6-10-20(16-19)33-2)28-27(32)30-14-7-12-22-25(30)17-24-21-11-5-4-8-18(21)13-15-29(24)26(22)31/h4-6,8-11,16,22-25H,3,7,12-15,17H2,1-2H3,(H,28,32)/t22-,23-,24+,25-/m1/s1. The smallest absolute Gasteiger partial charge is 0.318 e. The van der Waals surface area contributed by atoms with Crippen molar-refractivity contribution >= 4 is 11.9 Å². The van der Waals surface area contributed by atoms with E-state index in [4.69, 9.17) is 4.74 Å². The molecule has 3 aliphatic heterocycles. The quantitative estimate of drug-likeness (QED) is 0.752. The number of amides is 3. The number of methoxy groups -OCH3 is 1. The Balaban J connectivity index is 1.38. The molecule has 2 saturated heterocycles. The van der Waals surface area contributed by atoms with Gasteiger partial charge in [0.2, 0.25) is 5.91 Å². The van der Waals surface area contributed by atoms with Crippen molar-refractivity contribution in [3.8, 4) is 5.75 Å². The minimum Gasteiger partial charge on any atom is -0.497 e. The molecule has 0 bridgehead atoms. The highest BCUT2D eigenvalue weighted by atomic mass is 16.5. The van der Waals surface area contributed by atoms with Gasteiger partial charge in [0.25, 0.3) is 0 Å². The lowest BCUT2D eigenvalue weighted by molar-refractivity contribution is -0.148. The van der Waals surface area contributed by atoms with Gasteiger partial charge in [0, 0.05) is 19.1 Å². The van der Waals surface area contributed by atoms with E-state index in [0.717, 1.165) is 50.0 Å². The van der Waals surface area contributed by atoms with Crippen LogP contribution in [0.5, 0.6) is 5.75 Å². The number of rotatable bonds is 4. The number of nitrogens with zero attached hydrogens (tertiary/aromatic N) is 2. The average molecular weight is 448 g/mol. The summed E-state index contributed by atoms with van der Waals surface area (Å²) in [5, 5.41) is 3.25. The molecule has 0 saturated carbocycles. The minimum atomic E-state index is -0.0980. The van der Waals surface area contributed by atoms with Crippen LogP contribution >= 0.6 is 0 Å². The molecule has 2 fully saturated rings. The molecule has 3 heterocycles. The van der Waals surface area contributed by atoms with E-state index in [2.05, 4.69) is 41.4 Å². The number of likely N-dealkylation sites (tertiary alicyclic amines) is 1. The number of piperidine rings is 2. The zero-order valence-electron chi connectivity index (χ0n) is 19.5. The minimum absolute atomic E-state index is 0.0542. The van der Waals surface area contributed by atoms with Crippen molar-refractivity contribution in [2.24, 2.45) is 5.92 Å². The first-order valence-electron chi connectivity index (χ1n) is 12.2. The number of hydrogen-bond donors (Lipinski definition) is 1. The molecule has 6 heteroatoms. The van der Waals surface area contributed by atoms with Crippen molar-refractivity contribution in [1.29, 1.82) is 0 Å². The lowest BCUT2D eigenvalue weighted by Crippen LogP contribution is -2.61. The maximum absolute atomic E-state index is 13.5. The maximum Gasteiger partial charge on any atom is 0.318 e. The molecule has 33 heavy (non-hydrogen) atoms. The molecule has 3 amide bonds. The third-order valence-corrected chi connectivity index (χ3v) is 7.72. The predicted molar refractivity (Wildman–Crippen MR) is 127 cm³/mol. The summed E-state index contributed by atoms with van der Waals surface area (Å²) in [7, 11) is 1.65. The molecule has 2 aromatic rings. The fourth-order valence-electron chi connectivity index (χ4n) is 6.01. The van der Waals surface area contributed by atoms with Gasteiger partial charge in [-0.2, -0.15) is 0 Å². The van der Waals surface area contributed by atoms with Crippen molar-refractivity contribution in [3.05, 3.63) is 65.2 Å². The Bertz CT molecular complexity index is 1040. The van der Waals surface area contributed by atoms with Crippen LogP contribution in [0.25, 0.3) is 0 Å². The third-order valence-electron chi connectivity index (χ3n) is 7.72. The van der Waals surface area contributed by atoms with Gasteiger partial charge in [-0.1, -0.05) is 43.3 Å². The number of carbonyl (C=O) groups excluding carboxylic acids is 2. The van der Waals surface area contributed by atoms with Crippen LogP contribution in [0.2, 0.25) is 0 Å². The molecular weight excluding hydrogens is 414 g/mol. The molecular formula is C27H33N3O3. The van der Waals surface area contributed by atoms with Crippen LogP contribution in [0.4, 0.5) is 4.79 Å². The summed E-state index contributed by atoms with van der Waals surface area (Å²) < 4.78 is 5.37. The molecule has 0 aromatic heterocycles. The highest BCUT2D eigenvalue weighted by Gasteiger charge is 2.48. The van der Waals surface area contributed by atoms with Gasteiger partial charge in [-0.25, -0.2) is 4.79 Å². The van der Waals surface area contributed by atoms with Crippen molar-refractivity contribution in [2.75, 3.05) is 20.2 Å². The van der Waals surface area contributed by atoms with E-state index < -0.39 is 0 Å². The second-order valence-corrected chi connectivity index (χ2v) is 9.43. The van der Waals surface area contributed by atoms with Gasteiger partial charge in [0.15, 0.2) is 0 Å². The molecule has 3 aliphatic rings. The molecule has 1 N–H and O–H groups in total. The van der Waals surface area contributed by atoms with Gasteiger partial charge in [-0.15, -0.1) is 0 Å². The second-order valence-electron chi connectivity index (χ2n) is 9.43. The first-order chi connectivity index (χ1) is 16.1. The maximum atomic E-state index is 13.5. The van der Waals surface area contributed by atoms with Crippen LogP contribution in [0.3, 0.4) is 0 Å². The number of ether oxygens (including phenoxy) is 1. The van der Waals surface area contributed by atoms with E-state index in [-0.39, 0.29) is 36.0 Å². The van der Waals surface area contributed by atoms with Crippen LogP contribution in [-0.4, -0.2) is 48.0 Å². The van der Waals surface area contributed by atoms with Crippen molar-refractivity contribution in [3.63, 3.8) is 0 Å². The summed E-state index contributed by atoms with van der Waals surface area (Å²) in [5.41, 5.74) is 3.62. The topological polar surface area (TPSA) is 61.9 Å². The molecule has 0 radical (unpaired) electrons. The summed E-state index contributed by atoms with van der Waals surface area (Å²) in [5.74, 6) is 0.915. The van der Waals surface area contributed by atoms with Crippen molar-refractivity contribution in [1.82, 2.24) is 15.1 Å². The zero-order valence-corrected chi connectivity index (χ0v) is 19.5. The molecule has 6 nitrogen and oxygen atoms in total. The molecule has 0 unspecified atom stereocenters. The zero-order chi connectivity index (χ0) is 22.9. The number of hydrogen-bond acceptors (Lipinski definition) is 3. The summed E-state index contributed by atoms with van der Waals surface area (Å²) >= 11 is 0. The van der Waals surface area contributed by atoms with Crippen LogP contribution in [0.1, 0.15) is 61.4 Å². The Kier molecular flexibility index (Phi) is 6.00. The fourth-order valence-corrected chi connectivity index (χ4v) is 6.01. The highest BCUT2D eigenvalue weighted by Crippen LogP contribution is 2.43. The van der Waals surface area contributed by atoms with E-state index in [1.54, 1.807) is 7.11 Å². The summed E-state index contributed by atoms with van der Waals surface area (Å²) in [6, 6.07) is 16.2. The summed E-state index contributed by atoms with van der Waals surface area (Å²) in [6.07, 6.45) is 4.25. The largest absolute Gasteiger partial charge is 0.497 e. The first-order valence-corrected chi connectivity index (χ1v) is 12.2. The molecule has 174 valence electrons. The Labute approximate surface area is 195 Å². The second kappa shape index (κ2) is 9.08. The van der Waals surface area contributed by atoms with Crippen molar-refractivity contribution < 1.29 is 14.3 Å². The normalized spacial score (nSPS) is 24.9. The lowest BCUT2D eigenvalue weighted by Gasteiger charge is -2.51. The van der Waals surface area contributed by atoms with Crippen molar-refractivity contribution in [2.45, 2.75) is 57.2 Å². The highest BCUT2D eigenvalue weighted by molar-refractivity contribution is 5.83. The number of urea groups is 1. The van der Waals surface area contributed by atoms with Gasteiger partial charge in [0.1, 0.15) is 5.75 Å². The molecule has 2 aromatic carbocycles. The number of benzene rings is 2. The third kappa shape index (κ3) is 3.96. The number of fused-ring (bicyclic) bond motifs is 4. The van der Waals surface area contributed by atoms with Gasteiger partial charge in [-0.05, 0) is 60.9 Å². The van der Waals surface area contributed by atoms with E-state index in [9.17, 15) is 9.59 Å². The van der Waals surface area contributed by atoms with E-state index in [1.165, 1.54) is 11.1 Å². The average Bonchev–Trinajstić information content (AvgIpc) is 2.87. The SMILES string of the molecule is CC[C@@H](NC(=O)N1CCC[C@H]2C(=O)N3CCc4ccccc4[C@@H]3C[C@H]21)c1cccc(OC)c1. The Morgan fingerprint density at radius 3 is 2.85 bits per heavy atom. The molecule has 0 spiro atoms. The fraction of sp³-hybridized carbons (Fsp3) is 0.481. The van der Waals surface area contributed by atoms with Gasteiger partial charge in [0.05, 0.1) is 25.1 Å². The van der Waals surface area contributed by atoms with Crippen LogP contribution in [0, 0.1) is 5.92 Å². The Morgan fingerprint density at radius 2 is 2.03 bits per heavy atom. The number of carbonyl (C=O) groups is 2. The predicted octanol–water partition coefficient (Wildman–Crippen LogP) is 4.47. The molecule has 5 rings (SSSR count). The summed E-state index contributed by atoms with van der Waals surface area (Å²) in [4.78, 5) is 31.0. The first kappa shape index (κ1) is 21.8. The van der Waals surface area contributed by atoms with Gasteiger partial charge < -0.3 is 19.9 Å². The lowest BCUT2D eigenvalue weighted by atomic mass is 9.76. The van der Waals surface area contributed by atoms with Crippen LogP contribution in [0.15, 0.2) is 48.5 Å². The van der Waals surface area contributed by atoms with Crippen LogP contribution in [-0.2, 0) is 11.2 Å².